The minimum Gasteiger partial charge on any atom is -0.481 e. The van der Waals surface area contributed by atoms with E-state index in [1.807, 2.05) is 6.07 Å². The first-order valence-electron chi connectivity index (χ1n) is 6.20. The summed E-state index contributed by atoms with van der Waals surface area (Å²) in [6.07, 6.45) is 5.54. The molecule has 2 N–H and O–H groups in total. The van der Waals surface area contributed by atoms with E-state index in [0.29, 0.717) is 13.0 Å². The molecule has 0 aromatic carbocycles. The number of hydrogen-bond donors (Lipinski definition) is 2. The summed E-state index contributed by atoms with van der Waals surface area (Å²) in [7, 11) is 0. The molecule has 17 heavy (non-hydrogen) atoms. The molecular weight excluding hydrogens is 216 g/mol. The monoisotopic (exact) mass is 234 g/mol. The maximum atomic E-state index is 10.4. The number of nitrogens with one attached hydrogen (secondary N) is 1. The Hall–Kier alpha value is -1.58. The number of rotatable bonds is 5. The van der Waals surface area contributed by atoms with Crippen molar-refractivity contribution in [3.63, 3.8) is 0 Å². The SMILES string of the molecule is O=C(O)CCCNc1ccc2c(n1)CCCC2. The molecule has 2 rings (SSSR count). The van der Waals surface area contributed by atoms with E-state index in [1.54, 1.807) is 0 Å². The number of pyridine rings is 1. The van der Waals surface area contributed by atoms with Crippen LogP contribution in [0.25, 0.3) is 0 Å². The average Bonchev–Trinajstić information content (AvgIpc) is 2.34. The maximum absolute atomic E-state index is 10.4. The minimum absolute atomic E-state index is 0.206. The molecule has 1 aliphatic carbocycles. The first kappa shape index (κ1) is 11.9. The molecule has 1 aromatic heterocycles. The highest BCUT2D eigenvalue weighted by Crippen LogP contribution is 2.20. The predicted octanol–water partition coefficient (Wildman–Crippen LogP) is 2.24. The van der Waals surface area contributed by atoms with Crippen LogP contribution in [0.4, 0.5) is 5.82 Å². The van der Waals surface area contributed by atoms with Crippen molar-refractivity contribution >= 4 is 11.8 Å². The van der Waals surface area contributed by atoms with Crippen LogP contribution in [0.5, 0.6) is 0 Å². The highest BCUT2D eigenvalue weighted by molar-refractivity contribution is 5.66. The van der Waals surface area contributed by atoms with Gasteiger partial charge in [0.05, 0.1) is 0 Å². The number of carboxylic acids is 1. The molecule has 0 saturated carbocycles. The lowest BCUT2D eigenvalue weighted by molar-refractivity contribution is -0.137. The van der Waals surface area contributed by atoms with Gasteiger partial charge in [-0.2, -0.15) is 0 Å². The number of hydrogen-bond acceptors (Lipinski definition) is 3. The summed E-state index contributed by atoms with van der Waals surface area (Å²) in [5, 5.41) is 11.7. The van der Waals surface area contributed by atoms with Crippen molar-refractivity contribution in [1.29, 1.82) is 0 Å². The standard InChI is InChI=1S/C13H18N2O2/c16-13(17)6-3-9-14-12-8-7-10-4-1-2-5-11(10)15-12/h7-8H,1-6,9H2,(H,14,15)(H,16,17). The van der Waals surface area contributed by atoms with Gasteiger partial charge < -0.3 is 10.4 Å². The van der Waals surface area contributed by atoms with Crippen LogP contribution in [-0.4, -0.2) is 22.6 Å². The van der Waals surface area contributed by atoms with Crippen molar-refractivity contribution in [3.8, 4) is 0 Å². The number of anilines is 1. The molecule has 92 valence electrons. The van der Waals surface area contributed by atoms with Crippen molar-refractivity contribution in [3.05, 3.63) is 23.4 Å². The third kappa shape index (κ3) is 3.44. The summed E-state index contributed by atoms with van der Waals surface area (Å²) >= 11 is 0. The average molecular weight is 234 g/mol. The lowest BCUT2D eigenvalue weighted by Crippen LogP contribution is -2.10. The van der Waals surface area contributed by atoms with Gasteiger partial charge in [0.1, 0.15) is 5.82 Å². The first-order chi connectivity index (χ1) is 8.25. The molecule has 4 heteroatoms. The van der Waals surface area contributed by atoms with Gasteiger partial charge in [-0.3, -0.25) is 4.79 Å². The summed E-state index contributed by atoms with van der Waals surface area (Å²) in [4.78, 5) is 14.9. The molecule has 0 radical (unpaired) electrons. The van der Waals surface area contributed by atoms with Crippen LogP contribution in [0.2, 0.25) is 0 Å². The van der Waals surface area contributed by atoms with Gasteiger partial charge in [0.15, 0.2) is 0 Å². The minimum atomic E-state index is -0.745. The van der Waals surface area contributed by atoms with Gasteiger partial charge in [-0.1, -0.05) is 6.07 Å². The molecule has 0 bridgehead atoms. The van der Waals surface area contributed by atoms with Gasteiger partial charge in [-0.25, -0.2) is 4.98 Å². The fourth-order valence-corrected chi connectivity index (χ4v) is 2.14. The topological polar surface area (TPSA) is 62.2 Å². The number of fused-ring (bicyclic) bond motifs is 1. The van der Waals surface area contributed by atoms with Crippen LogP contribution in [0, 0.1) is 0 Å². The van der Waals surface area contributed by atoms with Crippen LogP contribution in [0.3, 0.4) is 0 Å². The van der Waals surface area contributed by atoms with Crippen molar-refractivity contribution < 1.29 is 9.90 Å². The van der Waals surface area contributed by atoms with E-state index >= 15 is 0 Å². The molecule has 0 spiro atoms. The molecule has 0 atom stereocenters. The molecule has 0 unspecified atom stereocenters. The molecule has 4 nitrogen and oxygen atoms in total. The summed E-state index contributed by atoms with van der Waals surface area (Å²) in [5.74, 6) is 0.126. The summed E-state index contributed by atoms with van der Waals surface area (Å²) in [5.41, 5.74) is 2.58. The molecule has 0 saturated heterocycles. The van der Waals surface area contributed by atoms with E-state index in [2.05, 4.69) is 16.4 Å². The second-order valence-corrected chi connectivity index (χ2v) is 4.43. The second kappa shape index (κ2) is 5.66. The van der Waals surface area contributed by atoms with Crippen LogP contribution in [0.15, 0.2) is 12.1 Å². The van der Waals surface area contributed by atoms with Crippen molar-refractivity contribution in [2.75, 3.05) is 11.9 Å². The van der Waals surface area contributed by atoms with E-state index in [0.717, 1.165) is 18.7 Å². The number of carboxylic acid groups (broad SMARTS) is 1. The largest absolute Gasteiger partial charge is 0.481 e. The van der Waals surface area contributed by atoms with Crippen molar-refractivity contribution in [2.24, 2.45) is 0 Å². The van der Waals surface area contributed by atoms with E-state index in [4.69, 9.17) is 5.11 Å². The van der Waals surface area contributed by atoms with Crippen LogP contribution < -0.4 is 5.32 Å². The first-order valence-corrected chi connectivity index (χ1v) is 6.20. The molecular formula is C13H18N2O2. The lowest BCUT2D eigenvalue weighted by Gasteiger charge is -2.15. The van der Waals surface area contributed by atoms with Gasteiger partial charge in [-0.15, -0.1) is 0 Å². The Labute approximate surface area is 101 Å². The zero-order chi connectivity index (χ0) is 12.1. The highest BCUT2D eigenvalue weighted by Gasteiger charge is 2.10. The molecule has 0 aliphatic heterocycles. The number of aliphatic carboxylic acids is 1. The third-order valence-electron chi connectivity index (χ3n) is 3.05. The van der Waals surface area contributed by atoms with Gasteiger partial charge in [-0.05, 0) is 43.7 Å². The van der Waals surface area contributed by atoms with E-state index in [1.165, 1.54) is 24.1 Å². The summed E-state index contributed by atoms with van der Waals surface area (Å²) in [6, 6.07) is 4.13. The zero-order valence-corrected chi connectivity index (χ0v) is 9.91. The highest BCUT2D eigenvalue weighted by atomic mass is 16.4. The molecule has 1 aromatic rings. The van der Waals surface area contributed by atoms with E-state index < -0.39 is 5.97 Å². The molecule has 0 amide bonds. The second-order valence-electron chi connectivity index (χ2n) is 4.43. The fourth-order valence-electron chi connectivity index (χ4n) is 2.14. The van der Waals surface area contributed by atoms with Gasteiger partial charge in [0.25, 0.3) is 0 Å². The van der Waals surface area contributed by atoms with E-state index in [9.17, 15) is 4.79 Å². The quantitative estimate of drug-likeness (QED) is 0.767. The van der Waals surface area contributed by atoms with Crippen molar-refractivity contribution in [2.45, 2.75) is 38.5 Å². The Balaban J connectivity index is 1.86. The number of aryl methyl sites for hydroxylation is 2. The van der Waals surface area contributed by atoms with Gasteiger partial charge in [0, 0.05) is 18.7 Å². The van der Waals surface area contributed by atoms with Gasteiger partial charge in [0.2, 0.25) is 0 Å². The Bertz CT molecular complexity index is 404. The van der Waals surface area contributed by atoms with Crippen LogP contribution >= 0.6 is 0 Å². The lowest BCUT2D eigenvalue weighted by atomic mass is 9.96. The van der Waals surface area contributed by atoms with Crippen molar-refractivity contribution in [1.82, 2.24) is 4.98 Å². The Morgan fingerprint density at radius 3 is 3.00 bits per heavy atom. The predicted molar refractivity (Wildman–Crippen MR) is 66.2 cm³/mol. The Morgan fingerprint density at radius 1 is 1.35 bits per heavy atom. The fraction of sp³-hybridized carbons (Fsp3) is 0.538. The molecule has 1 heterocycles. The Morgan fingerprint density at radius 2 is 2.18 bits per heavy atom. The smallest absolute Gasteiger partial charge is 0.303 e. The zero-order valence-electron chi connectivity index (χ0n) is 9.91. The van der Waals surface area contributed by atoms with Crippen LogP contribution in [-0.2, 0) is 17.6 Å². The Kier molecular flexibility index (Phi) is 3.96. The summed E-state index contributed by atoms with van der Waals surface area (Å²) < 4.78 is 0. The third-order valence-corrected chi connectivity index (χ3v) is 3.05. The van der Waals surface area contributed by atoms with E-state index in [-0.39, 0.29) is 6.42 Å². The van der Waals surface area contributed by atoms with Crippen LogP contribution in [0.1, 0.15) is 36.9 Å². The van der Waals surface area contributed by atoms with Gasteiger partial charge >= 0.3 is 5.97 Å². The normalized spacial score (nSPS) is 14.1. The number of nitrogens with zero attached hydrogens (tertiary/aromatic N) is 1. The maximum Gasteiger partial charge on any atom is 0.303 e. The molecule has 0 fully saturated rings. The number of aromatic nitrogens is 1. The number of carbonyl (C=O) groups is 1. The summed E-state index contributed by atoms with van der Waals surface area (Å²) in [6.45, 7) is 0.665. The molecule has 1 aliphatic rings.